The van der Waals surface area contributed by atoms with E-state index in [1.807, 2.05) is 32.3 Å². The second-order valence-corrected chi connectivity index (χ2v) is 5.40. The number of nitrogens with one attached hydrogen (secondary N) is 1. The van der Waals surface area contributed by atoms with Gasteiger partial charge in [0.2, 0.25) is 0 Å². The highest BCUT2D eigenvalue weighted by Gasteiger charge is 2.16. The smallest absolute Gasteiger partial charge is 0.407 e. The third kappa shape index (κ3) is 5.04. The van der Waals surface area contributed by atoms with Crippen molar-refractivity contribution in [1.82, 2.24) is 14.9 Å². The molecule has 0 spiro atoms. The Morgan fingerprint density at radius 1 is 1.63 bits per heavy atom. The van der Waals surface area contributed by atoms with E-state index in [9.17, 15) is 4.79 Å². The lowest BCUT2D eigenvalue weighted by Gasteiger charge is -2.20. The summed E-state index contributed by atoms with van der Waals surface area (Å²) in [6.07, 6.45) is 8.91. The number of nitrogens with zero attached hydrogens (tertiary/aromatic N) is 2. The van der Waals surface area contributed by atoms with Gasteiger partial charge in [0.15, 0.2) is 0 Å². The molecule has 1 aromatic heterocycles. The van der Waals surface area contributed by atoms with E-state index in [0.717, 1.165) is 5.69 Å². The molecule has 1 atom stereocenters. The van der Waals surface area contributed by atoms with Crippen molar-refractivity contribution >= 4 is 6.09 Å². The van der Waals surface area contributed by atoms with E-state index in [4.69, 9.17) is 11.2 Å². The number of amides is 1. The maximum Gasteiger partial charge on any atom is 0.407 e. The third-order valence-electron chi connectivity index (χ3n) is 2.45. The van der Waals surface area contributed by atoms with Crippen LogP contribution in [0.5, 0.6) is 0 Å². The highest BCUT2D eigenvalue weighted by molar-refractivity contribution is 5.67. The van der Waals surface area contributed by atoms with E-state index < -0.39 is 11.7 Å². The van der Waals surface area contributed by atoms with Crippen LogP contribution in [0.4, 0.5) is 4.79 Å². The summed E-state index contributed by atoms with van der Waals surface area (Å²) in [7, 11) is 0. The second kappa shape index (κ2) is 6.28. The molecule has 1 heterocycles. The van der Waals surface area contributed by atoms with Gasteiger partial charge in [-0.1, -0.05) is 0 Å². The molecule has 1 unspecified atom stereocenters. The summed E-state index contributed by atoms with van der Waals surface area (Å²) in [4.78, 5) is 15.6. The molecule has 0 aliphatic rings. The highest BCUT2D eigenvalue weighted by Crippen LogP contribution is 2.13. The normalized spacial score (nSPS) is 12.6. The standard InChI is InChI=1S/C14H21N3O2/c1-6-7-11(2)17-10-15-8-12(17)9-16-13(18)19-14(3,4)5/h1,8,10-11H,7,9H2,2-5H3,(H,16,18). The monoisotopic (exact) mass is 263 g/mol. The van der Waals surface area contributed by atoms with Crippen molar-refractivity contribution in [3.8, 4) is 12.3 Å². The summed E-state index contributed by atoms with van der Waals surface area (Å²) >= 11 is 0. The molecule has 0 aliphatic heterocycles. The number of imidazole rings is 1. The van der Waals surface area contributed by atoms with Gasteiger partial charge in [-0.3, -0.25) is 0 Å². The van der Waals surface area contributed by atoms with Gasteiger partial charge < -0.3 is 14.6 Å². The van der Waals surface area contributed by atoms with E-state index in [1.54, 1.807) is 12.5 Å². The first-order valence-electron chi connectivity index (χ1n) is 6.24. The van der Waals surface area contributed by atoms with Crippen LogP contribution < -0.4 is 5.32 Å². The van der Waals surface area contributed by atoms with Crippen molar-refractivity contribution < 1.29 is 9.53 Å². The van der Waals surface area contributed by atoms with E-state index in [1.165, 1.54) is 0 Å². The Bertz CT molecular complexity index is 466. The number of aromatic nitrogens is 2. The van der Waals surface area contributed by atoms with Crippen LogP contribution in [-0.4, -0.2) is 21.2 Å². The van der Waals surface area contributed by atoms with Crippen LogP contribution in [0.2, 0.25) is 0 Å². The minimum Gasteiger partial charge on any atom is -0.444 e. The summed E-state index contributed by atoms with van der Waals surface area (Å²) in [6.45, 7) is 7.85. The summed E-state index contributed by atoms with van der Waals surface area (Å²) in [5.74, 6) is 2.62. The van der Waals surface area contributed by atoms with Crippen LogP contribution in [0.1, 0.15) is 45.9 Å². The van der Waals surface area contributed by atoms with Gasteiger partial charge in [0.1, 0.15) is 5.60 Å². The minimum atomic E-state index is -0.499. The number of rotatable bonds is 4. The molecule has 0 radical (unpaired) electrons. The van der Waals surface area contributed by atoms with Gasteiger partial charge in [0.25, 0.3) is 0 Å². The van der Waals surface area contributed by atoms with Crippen molar-refractivity contribution in [2.45, 2.75) is 52.3 Å². The van der Waals surface area contributed by atoms with E-state index in [-0.39, 0.29) is 6.04 Å². The SMILES string of the molecule is C#CCC(C)n1cncc1CNC(=O)OC(C)(C)C. The topological polar surface area (TPSA) is 56.2 Å². The van der Waals surface area contributed by atoms with Crippen LogP contribution in [-0.2, 0) is 11.3 Å². The number of hydrogen-bond donors (Lipinski definition) is 1. The predicted octanol–water partition coefficient (Wildman–Crippen LogP) is 2.49. The van der Waals surface area contributed by atoms with Crippen molar-refractivity contribution in [1.29, 1.82) is 0 Å². The average molecular weight is 263 g/mol. The molecule has 0 aromatic carbocycles. The van der Waals surface area contributed by atoms with Crippen LogP contribution >= 0.6 is 0 Å². The van der Waals surface area contributed by atoms with Gasteiger partial charge in [-0.25, -0.2) is 9.78 Å². The molecule has 1 amide bonds. The largest absolute Gasteiger partial charge is 0.444 e. The minimum absolute atomic E-state index is 0.155. The van der Waals surface area contributed by atoms with Gasteiger partial charge in [-0.15, -0.1) is 12.3 Å². The van der Waals surface area contributed by atoms with Crippen molar-refractivity contribution in [3.63, 3.8) is 0 Å². The number of carbonyl (C=O) groups is 1. The number of carbonyl (C=O) groups excluding carboxylic acids is 1. The molecule has 0 aliphatic carbocycles. The quantitative estimate of drug-likeness (QED) is 0.849. The highest BCUT2D eigenvalue weighted by atomic mass is 16.6. The van der Waals surface area contributed by atoms with E-state index in [0.29, 0.717) is 13.0 Å². The lowest BCUT2D eigenvalue weighted by atomic mass is 10.2. The third-order valence-corrected chi connectivity index (χ3v) is 2.45. The Balaban J connectivity index is 2.57. The molecule has 0 saturated carbocycles. The van der Waals surface area contributed by atoms with Crippen molar-refractivity contribution in [3.05, 3.63) is 18.2 Å². The van der Waals surface area contributed by atoms with Crippen LogP contribution in [0.3, 0.4) is 0 Å². The summed E-state index contributed by atoms with van der Waals surface area (Å²) in [6, 6.07) is 0.155. The van der Waals surface area contributed by atoms with Crippen LogP contribution in [0.15, 0.2) is 12.5 Å². The van der Waals surface area contributed by atoms with Gasteiger partial charge in [-0.05, 0) is 27.7 Å². The fourth-order valence-electron chi connectivity index (χ4n) is 1.61. The molecule has 1 aromatic rings. The fourth-order valence-corrected chi connectivity index (χ4v) is 1.61. The first-order chi connectivity index (χ1) is 8.83. The number of terminal acetylenes is 1. The second-order valence-electron chi connectivity index (χ2n) is 5.40. The molecular weight excluding hydrogens is 242 g/mol. The molecular formula is C14H21N3O2. The van der Waals surface area contributed by atoms with Crippen LogP contribution in [0.25, 0.3) is 0 Å². The Morgan fingerprint density at radius 2 is 2.32 bits per heavy atom. The lowest BCUT2D eigenvalue weighted by molar-refractivity contribution is 0.0522. The first-order valence-corrected chi connectivity index (χ1v) is 6.24. The number of ether oxygens (including phenoxy) is 1. The maximum atomic E-state index is 11.6. The average Bonchev–Trinajstić information content (AvgIpc) is 2.72. The first kappa shape index (κ1) is 15.1. The van der Waals surface area contributed by atoms with Gasteiger partial charge >= 0.3 is 6.09 Å². The lowest BCUT2D eigenvalue weighted by Crippen LogP contribution is -2.32. The maximum absolute atomic E-state index is 11.6. The van der Waals surface area contributed by atoms with Gasteiger partial charge in [0.05, 0.1) is 18.6 Å². The van der Waals surface area contributed by atoms with E-state index in [2.05, 4.69) is 16.2 Å². The predicted molar refractivity (Wildman–Crippen MR) is 73.5 cm³/mol. The molecule has 5 heteroatoms. The molecule has 1 rings (SSSR count). The number of hydrogen-bond acceptors (Lipinski definition) is 3. The van der Waals surface area contributed by atoms with Gasteiger partial charge in [0, 0.05) is 18.7 Å². The summed E-state index contributed by atoms with van der Waals surface area (Å²) < 4.78 is 7.13. The zero-order valence-corrected chi connectivity index (χ0v) is 11.9. The molecule has 1 N–H and O–H groups in total. The summed E-state index contributed by atoms with van der Waals surface area (Å²) in [5.41, 5.74) is 0.398. The Morgan fingerprint density at radius 3 is 2.89 bits per heavy atom. The molecule has 19 heavy (non-hydrogen) atoms. The Labute approximate surface area is 114 Å². The Kier molecular flexibility index (Phi) is 4.99. The molecule has 0 saturated heterocycles. The fraction of sp³-hybridized carbons (Fsp3) is 0.571. The van der Waals surface area contributed by atoms with Crippen molar-refractivity contribution in [2.75, 3.05) is 0 Å². The zero-order valence-electron chi connectivity index (χ0n) is 11.9. The molecule has 104 valence electrons. The Hall–Kier alpha value is -1.96. The van der Waals surface area contributed by atoms with E-state index >= 15 is 0 Å². The molecule has 0 bridgehead atoms. The van der Waals surface area contributed by atoms with Crippen LogP contribution in [0, 0.1) is 12.3 Å². The van der Waals surface area contributed by atoms with Crippen molar-refractivity contribution in [2.24, 2.45) is 0 Å². The molecule has 5 nitrogen and oxygen atoms in total. The van der Waals surface area contributed by atoms with Gasteiger partial charge in [-0.2, -0.15) is 0 Å². The zero-order chi connectivity index (χ0) is 14.5. The molecule has 0 fully saturated rings. The number of alkyl carbamates (subject to hydrolysis) is 1. The summed E-state index contributed by atoms with van der Waals surface area (Å²) in [5, 5.41) is 2.71.